The molecule has 1 heterocycles. The quantitative estimate of drug-likeness (QED) is 0.457. The Bertz CT molecular complexity index is 1200. The number of anilines is 4. The molecule has 1 saturated heterocycles. The maximum absolute atomic E-state index is 15.0. The molecule has 170 valence electrons. The van der Waals surface area contributed by atoms with Gasteiger partial charge in [-0.2, -0.15) is 0 Å². The summed E-state index contributed by atoms with van der Waals surface area (Å²) < 4.78 is 15.0. The third-order valence-electron chi connectivity index (χ3n) is 5.47. The third kappa shape index (κ3) is 5.32. The van der Waals surface area contributed by atoms with E-state index in [1.165, 1.54) is 0 Å². The summed E-state index contributed by atoms with van der Waals surface area (Å²) in [6, 6.07) is 17.3. The van der Waals surface area contributed by atoms with E-state index in [1.807, 2.05) is 24.3 Å². The summed E-state index contributed by atoms with van der Waals surface area (Å²) in [6.45, 7) is 1.02. The first-order chi connectivity index (χ1) is 15.9. The van der Waals surface area contributed by atoms with Gasteiger partial charge in [0.2, 0.25) is 11.8 Å². The number of hydrogen-bond donors (Lipinski definition) is 3. The SMILES string of the molecule is NCc1cccc(Nc2cccc(CC(=O)Nc3ccc(N4CCCC4=O)c(Cl)c3)c2F)c1. The summed E-state index contributed by atoms with van der Waals surface area (Å²) in [4.78, 5) is 26.2. The van der Waals surface area contributed by atoms with Gasteiger partial charge in [-0.3, -0.25) is 9.59 Å². The molecule has 0 spiro atoms. The Labute approximate surface area is 196 Å². The molecule has 1 fully saturated rings. The molecule has 6 nitrogen and oxygen atoms in total. The monoisotopic (exact) mass is 466 g/mol. The van der Waals surface area contributed by atoms with Crippen LogP contribution in [0.3, 0.4) is 0 Å². The number of hydrogen-bond acceptors (Lipinski definition) is 4. The summed E-state index contributed by atoms with van der Waals surface area (Å²) in [7, 11) is 0. The van der Waals surface area contributed by atoms with Crippen molar-refractivity contribution in [3.05, 3.63) is 82.6 Å². The van der Waals surface area contributed by atoms with E-state index >= 15 is 4.39 Å². The van der Waals surface area contributed by atoms with E-state index in [1.54, 1.807) is 41.3 Å². The van der Waals surface area contributed by atoms with Crippen molar-refractivity contribution in [3.63, 3.8) is 0 Å². The maximum Gasteiger partial charge on any atom is 0.228 e. The van der Waals surface area contributed by atoms with Gasteiger partial charge >= 0.3 is 0 Å². The number of nitrogens with zero attached hydrogens (tertiary/aromatic N) is 1. The second-order valence-corrected chi connectivity index (χ2v) is 8.26. The van der Waals surface area contributed by atoms with Crippen LogP contribution in [-0.4, -0.2) is 18.4 Å². The predicted octanol–water partition coefficient (Wildman–Crippen LogP) is 4.99. The van der Waals surface area contributed by atoms with E-state index in [0.29, 0.717) is 41.6 Å². The largest absolute Gasteiger partial charge is 0.353 e. The Balaban J connectivity index is 1.44. The lowest BCUT2D eigenvalue weighted by atomic mass is 10.1. The second kappa shape index (κ2) is 10.0. The molecule has 3 aromatic rings. The van der Waals surface area contributed by atoms with Gasteiger partial charge in [-0.25, -0.2) is 4.39 Å². The van der Waals surface area contributed by atoms with Gasteiger partial charge < -0.3 is 21.3 Å². The van der Waals surface area contributed by atoms with Crippen molar-refractivity contribution in [2.24, 2.45) is 5.73 Å². The zero-order valence-electron chi connectivity index (χ0n) is 17.9. The first-order valence-corrected chi connectivity index (χ1v) is 11.1. The minimum absolute atomic E-state index is 0.0346. The summed E-state index contributed by atoms with van der Waals surface area (Å²) in [5.41, 5.74) is 8.95. The Morgan fingerprint density at radius 1 is 1.09 bits per heavy atom. The van der Waals surface area contributed by atoms with Crippen molar-refractivity contribution in [3.8, 4) is 0 Å². The van der Waals surface area contributed by atoms with Crippen LogP contribution in [0.1, 0.15) is 24.0 Å². The van der Waals surface area contributed by atoms with Crippen molar-refractivity contribution < 1.29 is 14.0 Å². The first-order valence-electron chi connectivity index (χ1n) is 10.7. The normalized spacial score (nSPS) is 13.3. The van der Waals surface area contributed by atoms with Gasteiger partial charge in [0, 0.05) is 30.9 Å². The average Bonchev–Trinajstić information content (AvgIpc) is 3.22. The van der Waals surface area contributed by atoms with Crippen molar-refractivity contribution in [1.82, 2.24) is 0 Å². The van der Waals surface area contributed by atoms with Crippen molar-refractivity contribution >= 4 is 46.2 Å². The van der Waals surface area contributed by atoms with Gasteiger partial charge in [-0.1, -0.05) is 35.9 Å². The first kappa shape index (κ1) is 22.8. The van der Waals surface area contributed by atoms with Gasteiger partial charge in [0.1, 0.15) is 5.82 Å². The van der Waals surface area contributed by atoms with Crippen LogP contribution >= 0.6 is 11.6 Å². The molecule has 4 N–H and O–H groups in total. The molecule has 33 heavy (non-hydrogen) atoms. The Kier molecular flexibility index (Phi) is 6.91. The van der Waals surface area contributed by atoms with E-state index in [0.717, 1.165) is 12.0 Å². The molecule has 0 atom stereocenters. The lowest BCUT2D eigenvalue weighted by molar-refractivity contribution is -0.117. The molecular weight excluding hydrogens is 443 g/mol. The highest BCUT2D eigenvalue weighted by atomic mass is 35.5. The van der Waals surface area contributed by atoms with E-state index in [4.69, 9.17) is 17.3 Å². The third-order valence-corrected chi connectivity index (χ3v) is 5.77. The number of benzene rings is 3. The topological polar surface area (TPSA) is 87.5 Å². The van der Waals surface area contributed by atoms with Gasteiger partial charge in [0.15, 0.2) is 0 Å². The van der Waals surface area contributed by atoms with E-state index < -0.39 is 5.82 Å². The van der Waals surface area contributed by atoms with Crippen LogP contribution in [-0.2, 0) is 22.6 Å². The summed E-state index contributed by atoms with van der Waals surface area (Å²) >= 11 is 6.34. The minimum Gasteiger partial charge on any atom is -0.353 e. The van der Waals surface area contributed by atoms with Gasteiger partial charge in [0.25, 0.3) is 0 Å². The zero-order chi connectivity index (χ0) is 23.4. The Hall–Kier alpha value is -3.42. The molecular formula is C25H24ClFN4O2. The fourth-order valence-corrected chi connectivity index (χ4v) is 4.11. The lowest BCUT2D eigenvalue weighted by Crippen LogP contribution is -2.24. The van der Waals surface area contributed by atoms with Crippen LogP contribution < -0.4 is 21.3 Å². The van der Waals surface area contributed by atoms with Crippen molar-refractivity contribution in [2.75, 3.05) is 22.1 Å². The predicted molar refractivity (Wildman–Crippen MR) is 129 cm³/mol. The smallest absolute Gasteiger partial charge is 0.228 e. The van der Waals surface area contributed by atoms with Crippen molar-refractivity contribution in [2.45, 2.75) is 25.8 Å². The van der Waals surface area contributed by atoms with Gasteiger partial charge in [-0.05, 0) is 53.9 Å². The molecule has 0 aromatic heterocycles. The fourth-order valence-electron chi connectivity index (χ4n) is 3.83. The van der Waals surface area contributed by atoms with Gasteiger partial charge in [0.05, 0.1) is 22.8 Å². The standard InChI is InChI=1S/C25H24ClFN4O2/c26-20-14-19(9-10-22(20)31-11-3-8-24(31)33)30-23(32)13-17-5-2-7-21(25(17)27)29-18-6-1-4-16(12-18)15-28/h1-2,4-7,9-10,12,14,29H,3,8,11,13,15,28H2,(H,30,32). The van der Waals surface area contributed by atoms with E-state index in [-0.39, 0.29) is 29.5 Å². The molecule has 0 aliphatic carbocycles. The lowest BCUT2D eigenvalue weighted by Gasteiger charge is -2.18. The van der Waals surface area contributed by atoms with E-state index in [9.17, 15) is 9.59 Å². The molecule has 1 aliphatic heterocycles. The van der Waals surface area contributed by atoms with Gasteiger partial charge in [-0.15, -0.1) is 0 Å². The molecule has 0 saturated carbocycles. The molecule has 4 rings (SSSR count). The molecule has 8 heteroatoms. The number of carbonyl (C=O) groups excluding carboxylic acids is 2. The zero-order valence-corrected chi connectivity index (χ0v) is 18.7. The number of halogens is 2. The highest BCUT2D eigenvalue weighted by Crippen LogP contribution is 2.32. The van der Waals surface area contributed by atoms with Crippen LogP contribution in [0.15, 0.2) is 60.7 Å². The van der Waals surface area contributed by atoms with Crippen molar-refractivity contribution in [1.29, 1.82) is 0 Å². The molecule has 1 aliphatic rings. The Morgan fingerprint density at radius 3 is 2.64 bits per heavy atom. The summed E-state index contributed by atoms with van der Waals surface area (Å²) in [5.74, 6) is -0.837. The highest BCUT2D eigenvalue weighted by Gasteiger charge is 2.23. The van der Waals surface area contributed by atoms with Crippen LogP contribution in [0.25, 0.3) is 0 Å². The molecule has 0 unspecified atom stereocenters. The second-order valence-electron chi connectivity index (χ2n) is 7.85. The summed E-state index contributed by atoms with van der Waals surface area (Å²) in [6.07, 6.45) is 1.16. The fraction of sp³-hybridized carbons (Fsp3) is 0.200. The molecule has 0 radical (unpaired) electrons. The minimum atomic E-state index is -0.494. The average molecular weight is 467 g/mol. The van der Waals surface area contributed by atoms with Crippen LogP contribution in [0.4, 0.5) is 27.1 Å². The molecule has 0 bridgehead atoms. The molecule has 2 amide bonds. The number of carbonyl (C=O) groups is 2. The number of rotatable bonds is 7. The van der Waals surface area contributed by atoms with Crippen LogP contribution in [0, 0.1) is 5.82 Å². The Morgan fingerprint density at radius 2 is 1.91 bits per heavy atom. The van der Waals surface area contributed by atoms with Crippen LogP contribution in [0.2, 0.25) is 5.02 Å². The number of nitrogens with one attached hydrogen (secondary N) is 2. The summed E-state index contributed by atoms with van der Waals surface area (Å²) in [5, 5.41) is 6.16. The van der Waals surface area contributed by atoms with Crippen LogP contribution in [0.5, 0.6) is 0 Å². The maximum atomic E-state index is 15.0. The number of amides is 2. The highest BCUT2D eigenvalue weighted by molar-refractivity contribution is 6.34. The van der Waals surface area contributed by atoms with E-state index in [2.05, 4.69) is 10.6 Å². The molecule has 3 aromatic carbocycles. The number of nitrogens with two attached hydrogens (primary N) is 1.